The van der Waals surface area contributed by atoms with E-state index in [0.717, 1.165) is 40.3 Å². The number of benzene rings is 1. The summed E-state index contributed by atoms with van der Waals surface area (Å²) >= 11 is 1.77. The normalized spacial score (nSPS) is 13.1. The molecular formula is C17H16N4OS. The van der Waals surface area contributed by atoms with Crippen molar-refractivity contribution in [3.8, 4) is 0 Å². The lowest BCUT2D eigenvalue weighted by molar-refractivity contribution is -0.114. The number of carbonyl (C=O) groups is 1. The van der Waals surface area contributed by atoms with Gasteiger partial charge in [-0.3, -0.25) is 4.79 Å². The van der Waals surface area contributed by atoms with Crippen LogP contribution in [-0.2, 0) is 17.6 Å². The Labute approximate surface area is 137 Å². The van der Waals surface area contributed by atoms with Crippen molar-refractivity contribution in [3.05, 3.63) is 41.0 Å². The predicted octanol–water partition coefficient (Wildman–Crippen LogP) is 3.88. The number of hydrogen-bond donors (Lipinski definition) is 2. The summed E-state index contributed by atoms with van der Waals surface area (Å²) in [5.74, 6) is 0.761. The van der Waals surface area contributed by atoms with Crippen LogP contribution in [0.15, 0.2) is 30.6 Å². The minimum absolute atomic E-state index is 0.0813. The van der Waals surface area contributed by atoms with Crippen molar-refractivity contribution in [2.24, 2.45) is 0 Å². The van der Waals surface area contributed by atoms with Crippen LogP contribution < -0.4 is 10.6 Å². The summed E-state index contributed by atoms with van der Waals surface area (Å²) in [5.41, 5.74) is 3.06. The van der Waals surface area contributed by atoms with E-state index < -0.39 is 0 Å². The van der Waals surface area contributed by atoms with E-state index in [4.69, 9.17) is 0 Å². The second-order valence-corrected chi connectivity index (χ2v) is 6.73. The Morgan fingerprint density at radius 2 is 2.09 bits per heavy atom. The number of rotatable bonds is 3. The topological polar surface area (TPSA) is 66.9 Å². The van der Waals surface area contributed by atoms with Crippen LogP contribution in [0.25, 0.3) is 10.2 Å². The molecule has 0 atom stereocenters. The summed E-state index contributed by atoms with van der Waals surface area (Å²) in [6.07, 6.45) is 5.06. The number of nitrogens with zero attached hydrogens (tertiary/aromatic N) is 2. The Bertz CT molecular complexity index is 903. The van der Waals surface area contributed by atoms with E-state index >= 15 is 0 Å². The molecule has 3 aromatic rings. The maximum absolute atomic E-state index is 11.2. The second-order valence-electron chi connectivity index (χ2n) is 5.65. The third-order valence-electron chi connectivity index (χ3n) is 3.95. The largest absolute Gasteiger partial charge is 0.340 e. The standard InChI is InChI=1S/C17H16N4OS/c1-10(22)20-11-4-2-5-12(8-11)21-16-15-13-6-3-7-14(13)23-17(15)19-9-18-16/h2,4-5,8-9H,3,6-7H2,1H3,(H,20,22)(H,18,19,21). The molecule has 0 saturated carbocycles. The first-order valence-electron chi connectivity index (χ1n) is 7.60. The molecule has 4 rings (SSSR count). The van der Waals surface area contributed by atoms with Crippen molar-refractivity contribution >= 4 is 44.7 Å². The first-order chi connectivity index (χ1) is 11.2. The molecular weight excluding hydrogens is 308 g/mol. The Kier molecular flexibility index (Phi) is 3.46. The van der Waals surface area contributed by atoms with Gasteiger partial charge in [0.25, 0.3) is 0 Å². The molecule has 0 radical (unpaired) electrons. The van der Waals surface area contributed by atoms with Gasteiger partial charge in [0, 0.05) is 23.2 Å². The molecule has 6 heteroatoms. The van der Waals surface area contributed by atoms with Gasteiger partial charge in [0.05, 0.1) is 5.39 Å². The average molecular weight is 324 g/mol. The molecule has 0 unspecified atom stereocenters. The molecule has 0 fully saturated rings. The summed E-state index contributed by atoms with van der Waals surface area (Å²) in [6.45, 7) is 1.50. The number of fused-ring (bicyclic) bond motifs is 3. The molecule has 2 N–H and O–H groups in total. The van der Waals surface area contributed by atoms with Crippen LogP contribution in [0.1, 0.15) is 23.8 Å². The van der Waals surface area contributed by atoms with Gasteiger partial charge in [-0.05, 0) is 43.0 Å². The highest BCUT2D eigenvalue weighted by molar-refractivity contribution is 7.19. The Morgan fingerprint density at radius 1 is 1.22 bits per heavy atom. The van der Waals surface area contributed by atoms with Crippen LogP contribution in [0.4, 0.5) is 17.2 Å². The van der Waals surface area contributed by atoms with Gasteiger partial charge >= 0.3 is 0 Å². The summed E-state index contributed by atoms with van der Waals surface area (Å²) in [5, 5.41) is 7.32. The van der Waals surface area contributed by atoms with Crippen molar-refractivity contribution in [2.75, 3.05) is 10.6 Å². The second kappa shape index (κ2) is 5.62. The highest BCUT2D eigenvalue weighted by atomic mass is 32.1. The molecule has 0 saturated heterocycles. The zero-order valence-corrected chi connectivity index (χ0v) is 13.5. The quantitative estimate of drug-likeness (QED) is 0.767. The van der Waals surface area contributed by atoms with Crippen LogP contribution in [0.3, 0.4) is 0 Å². The van der Waals surface area contributed by atoms with E-state index in [9.17, 15) is 4.79 Å². The zero-order valence-electron chi connectivity index (χ0n) is 12.7. The fraction of sp³-hybridized carbons (Fsp3) is 0.235. The van der Waals surface area contributed by atoms with Gasteiger partial charge in [-0.2, -0.15) is 0 Å². The van der Waals surface area contributed by atoms with Gasteiger partial charge in [0.1, 0.15) is 17.0 Å². The SMILES string of the molecule is CC(=O)Nc1cccc(Nc2ncnc3sc4c(c23)CCC4)c1. The van der Waals surface area contributed by atoms with Gasteiger partial charge < -0.3 is 10.6 Å². The molecule has 2 heterocycles. The number of nitrogens with one attached hydrogen (secondary N) is 2. The van der Waals surface area contributed by atoms with Crippen molar-refractivity contribution < 1.29 is 4.79 Å². The number of aryl methyl sites for hydroxylation is 2. The highest BCUT2D eigenvalue weighted by Crippen LogP contribution is 2.39. The Hall–Kier alpha value is -2.47. The van der Waals surface area contributed by atoms with E-state index in [1.54, 1.807) is 17.7 Å². The molecule has 1 amide bonds. The molecule has 0 bridgehead atoms. The smallest absolute Gasteiger partial charge is 0.221 e. The molecule has 1 aromatic carbocycles. The number of carbonyl (C=O) groups excluding carboxylic acids is 1. The van der Waals surface area contributed by atoms with Crippen LogP contribution in [0.5, 0.6) is 0 Å². The van der Waals surface area contributed by atoms with Crippen molar-refractivity contribution in [1.82, 2.24) is 9.97 Å². The highest BCUT2D eigenvalue weighted by Gasteiger charge is 2.21. The minimum Gasteiger partial charge on any atom is -0.340 e. The molecule has 1 aliphatic carbocycles. The number of amides is 1. The lowest BCUT2D eigenvalue weighted by Gasteiger charge is -2.09. The van der Waals surface area contributed by atoms with E-state index in [1.807, 2.05) is 24.3 Å². The summed E-state index contributed by atoms with van der Waals surface area (Å²) < 4.78 is 0. The maximum atomic E-state index is 11.2. The predicted molar refractivity (Wildman–Crippen MR) is 93.5 cm³/mol. The summed E-state index contributed by atoms with van der Waals surface area (Å²) in [7, 11) is 0. The molecule has 23 heavy (non-hydrogen) atoms. The lowest BCUT2D eigenvalue weighted by atomic mass is 10.2. The summed E-state index contributed by atoms with van der Waals surface area (Å²) in [4.78, 5) is 22.5. The minimum atomic E-state index is -0.0813. The van der Waals surface area contributed by atoms with Crippen LogP contribution in [0.2, 0.25) is 0 Å². The van der Waals surface area contributed by atoms with E-state index in [-0.39, 0.29) is 5.91 Å². The van der Waals surface area contributed by atoms with Crippen molar-refractivity contribution in [2.45, 2.75) is 26.2 Å². The van der Waals surface area contributed by atoms with Gasteiger partial charge in [-0.1, -0.05) is 6.07 Å². The van der Waals surface area contributed by atoms with Crippen molar-refractivity contribution in [3.63, 3.8) is 0 Å². The Morgan fingerprint density at radius 3 is 2.96 bits per heavy atom. The third kappa shape index (κ3) is 2.66. The molecule has 1 aliphatic rings. The molecule has 116 valence electrons. The molecule has 0 aliphatic heterocycles. The number of aromatic nitrogens is 2. The first-order valence-corrected chi connectivity index (χ1v) is 8.42. The third-order valence-corrected chi connectivity index (χ3v) is 5.15. The van der Waals surface area contributed by atoms with Gasteiger partial charge in [-0.15, -0.1) is 11.3 Å². The monoisotopic (exact) mass is 324 g/mol. The molecule has 5 nitrogen and oxygen atoms in total. The van der Waals surface area contributed by atoms with Crippen LogP contribution in [-0.4, -0.2) is 15.9 Å². The fourth-order valence-electron chi connectivity index (χ4n) is 3.04. The maximum Gasteiger partial charge on any atom is 0.221 e. The van der Waals surface area contributed by atoms with Gasteiger partial charge in [-0.25, -0.2) is 9.97 Å². The zero-order chi connectivity index (χ0) is 15.8. The van der Waals surface area contributed by atoms with Gasteiger partial charge in [0.2, 0.25) is 5.91 Å². The molecule has 0 spiro atoms. The number of thiophene rings is 1. The van der Waals surface area contributed by atoms with E-state index in [2.05, 4.69) is 20.6 Å². The summed E-state index contributed by atoms with van der Waals surface area (Å²) in [6, 6.07) is 7.64. The number of hydrogen-bond acceptors (Lipinski definition) is 5. The molecule has 2 aromatic heterocycles. The van der Waals surface area contributed by atoms with Crippen LogP contribution >= 0.6 is 11.3 Å². The Balaban J connectivity index is 1.72. The van der Waals surface area contributed by atoms with Crippen molar-refractivity contribution in [1.29, 1.82) is 0 Å². The number of anilines is 3. The first kappa shape index (κ1) is 14.1. The van der Waals surface area contributed by atoms with E-state index in [1.165, 1.54) is 23.8 Å². The van der Waals surface area contributed by atoms with E-state index in [0.29, 0.717) is 0 Å². The lowest BCUT2D eigenvalue weighted by Crippen LogP contribution is -2.05. The van der Waals surface area contributed by atoms with Gasteiger partial charge in [0.15, 0.2) is 0 Å². The fourth-order valence-corrected chi connectivity index (χ4v) is 4.27. The average Bonchev–Trinajstić information content (AvgIpc) is 3.07. The van der Waals surface area contributed by atoms with Crippen LogP contribution in [0, 0.1) is 0 Å².